The number of halogens is 4. The van der Waals surface area contributed by atoms with Crippen molar-refractivity contribution < 1.29 is 36.9 Å². The van der Waals surface area contributed by atoms with E-state index in [1.807, 2.05) is 0 Å². The maximum Gasteiger partial charge on any atom is 0.346 e. The molecular weight excluding hydrogens is 476 g/mol. The fourth-order valence-electron chi connectivity index (χ4n) is 3.61. The van der Waals surface area contributed by atoms with E-state index in [1.165, 1.54) is 36.4 Å². The summed E-state index contributed by atoms with van der Waals surface area (Å²) in [6.45, 7) is 1.57. The fraction of sp³-hybridized carbons (Fsp3) is 0.107. The first-order valence-electron chi connectivity index (χ1n) is 11.0. The van der Waals surface area contributed by atoms with Crippen molar-refractivity contribution in [1.29, 1.82) is 0 Å². The molecule has 0 aliphatic heterocycles. The summed E-state index contributed by atoms with van der Waals surface area (Å²) in [5.41, 5.74) is 0.849. The predicted molar refractivity (Wildman–Crippen MR) is 126 cm³/mol. The van der Waals surface area contributed by atoms with Crippen molar-refractivity contribution in [2.24, 2.45) is 0 Å². The van der Waals surface area contributed by atoms with Gasteiger partial charge in [0.05, 0.1) is 18.8 Å². The zero-order valence-electron chi connectivity index (χ0n) is 19.0. The molecule has 36 heavy (non-hydrogen) atoms. The Hall–Kier alpha value is -4.17. The lowest BCUT2D eigenvalue weighted by atomic mass is 9.98. The summed E-state index contributed by atoms with van der Waals surface area (Å²) < 4.78 is 68.1. The SMILES string of the molecule is CCOc1ccc(C(=O)Oc2ccc(-c3ccc(-c4ccc(CO)cc4)c(F)c3F)cc2)c(F)c1F. The van der Waals surface area contributed by atoms with Crippen LogP contribution in [0.3, 0.4) is 0 Å². The number of ether oxygens (including phenoxy) is 2. The average molecular weight is 496 g/mol. The highest BCUT2D eigenvalue weighted by Crippen LogP contribution is 2.32. The first-order valence-corrected chi connectivity index (χ1v) is 11.0. The van der Waals surface area contributed by atoms with E-state index in [9.17, 15) is 22.4 Å². The molecule has 0 unspecified atom stereocenters. The number of aliphatic hydroxyl groups excluding tert-OH is 1. The van der Waals surface area contributed by atoms with Gasteiger partial charge < -0.3 is 14.6 Å². The lowest BCUT2D eigenvalue weighted by molar-refractivity contribution is 0.0728. The van der Waals surface area contributed by atoms with Gasteiger partial charge in [0.15, 0.2) is 23.2 Å². The van der Waals surface area contributed by atoms with Gasteiger partial charge in [0.2, 0.25) is 5.82 Å². The monoisotopic (exact) mass is 496 g/mol. The van der Waals surface area contributed by atoms with Gasteiger partial charge in [-0.05, 0) is 47.9 Å². The predicted octanol–water partition coefficient (Wildman–Crippen LogP) is 6.69. The van der Waals surface area contributed by atoms with E-state index in [0.29, 0.717) is 16.7 Å². The van der Waals surface area contributed by atoms with Crippen LogP contribution in [-0.2, 0) is 6.61 Å². The summed E-state index contributed by atoms with van der Waals surface area (Å²) in [6.07, 6.45) is 0. The van der Waals surface area contributed by atoms with Crippen molar-refractivity contribution in [2.75, 3.05) is 6.61 Å². The van der Waals surface area contributed by atoms with Crippen LogP contribution in [0.25, 0.3) is 22.3 Å². The Bertz CT molecular complexity index is 1400. The number of hydrogen-bond acceptors (Lipinski definition) is 4. The summed E-state index contributed by atoms with van der Waals surface area (Å²) in [6, 6.07) is 16.9. The molecule has 0 aliphatic carbocycles. The van der Waals surface area contributed by atoms with E-state index in [0.717, 1.165) is 12.1 Å². The summed E-state index contributed by atoms with van der Waals surface area (Å²) in [5.74, 6) is -6.24. The molecular formula is C28H20F4O4. The van der Waals surface area contributed by atoms with Crippen LogP contribution in [0, 0.1) is 23.3 Å². The molecule has 0 bridgehead atoms. The molecule has 4 rings (SSSR count). The summed E-state index contributed by atoms with van der Waals surface area (Å²) in [4.78, 5) is 12.3. The summed E-state index contributed by atoms with van der Waals surface area (Å²) in [7, 11) is 0. The average Bonchev–Trinajstić information content (AvgIpc) is 2.89. The summed E-state index contributed by atoms with van der Waals surface area (Å²) >= 11 is 0. The second kappa shape index (κ2) is 10.6. The van der Waals surface area contributed by atoms with E-state index >= 15 is 0 Å². The summed E-state index contributed by atoms with van der Waals surface area (Å²) in [5, 5.41) is 9.14. The Morgan fingerprint density at radius 3 is 1.81 bits per heavy atom. The van der Waals surface area contributed by atoms with Gasteiger partial charge in [-0.15, -0.1) is 0 Å². The van der Waals surface area contributed by atoms with Crippen LogP contribution in [0.2, 0.25) is 0 Å². The molecule has 0 atom stereocenters. The molecule has 8 heteroatoms. The van der Waals surface area contributed by atoms with Gasteiger partial charge >= 0.3 is 5.97 Å². The Morgan fingerprint density at radius 1 is 0.722 bits per heavy atom. The third kappa shape index (κ3) is 4.94. The van der Waals surface area contributed by atoms with Crippen LogP contribution < -0.4 is 9.47 Å². The molecule has 4 nitrogen and oxygen atoms in total. The molecule has 4 aromatic carbocycles. The maximum atomic E-state index is 14.9. The number of carbonyl (C=O) groups excluding carboxylic acids is 1. The van der Waals surface area contributed by atoms with Crippen LogP contribution >= 0.6 is 0 Å². The van der Waals surface area contributed by atoms with Crippen LogP contribution in [-0.4, -0.2) is 17.7 Å². The molecule has 0 amide bonds. The lowest BCUT2D eigenvalue weighted by Gasteiger charge is -2.11. The van der Waals surface area contributed by atoms with Crippen LogP contribution in [0.5, 0.6) is 11.5 Å². The molecule has 0 saturated carbocycles. The topological polar surface area (TPSA) is 55.8 Å². The number of carbonyl (C=O) groups is 1. The largest absolute Gasteiger partial charge is 0.491 e. The van der Waals surface area contributed by atoms with Crippen molar-refractivity contribution >= 4 is 5.97 Å². The third-order valence-corrected chi connectivity index (χ3v) is 5.47. The quantitative estimate of drug-likeness (QED) is 0.176. The van der Waals surface area contributed by atoms with Crippen molar-refractivity contribution in [3.8, 4) is 33.8 Å². The first kappa shape index (κ1) is 24.9. The van der Waals surface area contributed by atoms with Gasteiger partial charge in [-0.1, -0.05) is 48.5 Å². The molecule has 0 radical (unpaired) electrons. The van der Waals surface area contributed by atoms with Crippen molar-refractivity contribution in [3.63, 3.8) is 0 Å². The highest BCUT2D eigenvalue weighted by molar-refractivity contribution is 5.91. The minimum atomic E-state index is -1.40. The van der Waals surface area contributed by atoms with Crippen LogP contribution in [0.4, 0.5) is 17.6 Å². The van der Waals surface area contributed by atoms with E-state index in [2.05, 4.69) is 0 Å². The Labute approximate surface area is 204 Å². The van der Waals surface area contributed by atoms with Crippen LogP contribution in [0.15, 0.2) is 72.8 Å². The first-order chi connectivity index (χ1) is 17.3. The highest BCUT2D eigenvalue weighted by atomic mass is 19.2. The minimum absolute atomic E-state index is 0.00100. The standard InChI is InChI=1S/C28H20F4O4/c1-2-35-23-14-13-22(26(31)27(23)32)28(34)36-19-9-7-18(8-10-19)21-12-11-20(24(29)25(21)30)17-5-3-16(15-33)4-6-17/h3-14,33H,2,15H2,1H3. The zero-order chi connectivity index (χ0) is 25.8. The van der Waals surface area contributed by atoms with E-state index in [4.69, 9.17) is 14.6 Å². The molecule has 184 valence electrons. The van der Waals surface area contributed by atoms with Crippen molar-refractivity contribution in [2.45, 2.75) is 13.5 Å². The maximum absolute atomic E-state index is 14.9. The second-order valence-corrected chi connectivity index (χ2v) is 7.73. The normalized spacial score (nSPS) is 10.8. The number of hydrogen-bond donors (Lipinski definition) is 1. The second-order valence-electron chi connectivity index (χ2n) is 7.73. The number of benzene rings is 4. The van der Waals surface area contributed by atoms with E-state index in [-0.39, 0.29) is 35.8 Å². The van der Waals surface area contributed by atoms with E-state index in [1.54, 1.807) is 31.2 Å². The van der Waals surface area contributed by atoms with Crippen LogP contribution in [0.1, 0.15) is 22.8 Å². The molecule has 0 fully saturated rings. The Morgan fingerprint density at radius 2 is 1.28 bits per heavy atom. The van der Waals surface area contributed by atoms with Gasteiger partial charge in [-0.2, -0.15) is 4.39 Å². The molecule has 0 aromatic heterocycles. The van der Waals surface area contributed by atoms with Gasteiger partial charge in [-0.3, -0.25) is 0 Å². The number of rotatable bonds is 7. The Balaban J connectivity index is 1.54. The third-order valence-electron chi connectivity index (χ3n) is 5.47. The Kier molecular flexibility index (Phi) is 7.36. The van der Waals surface area contributed by atoms with Crippen molar-refractivity contribution in [1.82, 2.24) is 0 Å². The van der Waals surface area contributed by atoms with Gasteiger partial charge in [0, 0.05) is 11.1 Å². The molecule has 4 aromatic rings. The molecule has 1 N–H and O–H groups in total. The number of esters is 1. The van der Waals surface area contributed by atoms with Gasteiger partial charge in [0.1, 0.15) is 5.75 Å². The minimum Gasteiger partial charge on any atom is -0.491 e. The van der Waals surface area contributed by atoms with Gasteiger partial charge in [-0.25, -0.2) is 18.0 Å². The highest BCUT2D eigenvalue weighted by Gasteiger charge is 2.21. The van der Waals surface area contributed by atoms with Gasteiger partial charge in [0.25, 0.3) is 0 Å². The molecule has 0 spiro atoms. The smallest absolute Gasteiger partial charge is 0.346 e. The molecule has 0 saturated heterocycles. The zero-order valence-corrected chi connectivity index (χ0v) is 19.0. The molecule has 0 aliphatic rings. The van der Waals surface area contributed by atoms with E-state index < -0.39 is 34.8 Å². The number of aliphatic hydroxyl groups is 1. The fourth-order valence-corrected chi connectivity index (χ4v) is 3.61. The van der Waals surface area contributed by atoms with Crippen molar-refractivity contribution in [3.05, 3.63) is 107 Å². The lowest BCUT2D eigenvalue weighted by Crippen LogP contribution is -2.12. The molecule has 0 heterocycles.